The number of hydrogen-bond acceptors (Lipinski definition) is 6. The monoisotopic (exact) mass is 428 g/mol. The molecule has 0 bridgehead atoms. The quantitative estimate of drug-likeness (QED) is 0.427. The second-order valence-electron chi connectivity index (χ2n) is 7.83. The number of benzene rings is 2. The summed E-state index contributed by atoms with van der Waals surface area (Å²) < 4.78 is 17.1. The van der Waals surface area contributed by atoms with E-state index in [0.29, 0.717) is 0 Å². The highest BCUT2D eigenvalue weighted by molar-refractivity contribution is 7.94. The van der Waals surface area contributed by atoms with Gasteiger partial charge in [-0.2, -0.15) is 0 Å². The summed E-state index contributed by atoms with van der Waals surface area (Å²) in [7, 11) is 1.74. The molecular formula is C24H32N2O3S. The lowest BCUT2D eigenvalue weighted by atomic mass is 10.1. The van der Waals surface area contributed by atoms with Gasteiger partial charge >= 0.3 is 0 Å². The number of unbranched alkanes of at least 4 members (excludes halogenated alkanes) is 1. The first-order valence-corrected chi connectivity index (χ1v) is 11.7. The third-order valence-corrected chi connectivity index (χ3v) is 6.52. The zero-order valence-corrected chi connectivity index (χ0v) is 18.7. The molecule has 0 aliphatic carbocycles. The Kier molecular flexibility index (Phi) is 7.78. The Balaban J connectivity index is 1.10. The van der Waals surface area contributed by atoms with Gasteiger partial charge < -0.3 is 18.6 Å². The Bertz CT molecular complexity index is 809. The van der Waals surface area contributed by atoms with Crippen LogP contribution in [0.2, 0.25) is 0 Å². The molecule has 30 heavy (non-hydrogen) atoms. The second-order valence-corrected chi connectivity index (χ2v) is 8.71. The molecule has 2 aliphatic rings. The van der Waals surface area contributed by atoms with Gasteiger partial charge in [-0.3, -0.25) is 4.90 Å². The van der Waals surface area contributed by atoms with Gasteiger partial charge in [-0.25, -0.2) is 0 Å². The van der Waals surface area contributed by atoms with Crippen LogP contribution in [-0.4, -0.2) is 57.9 Å². The molecule has 0 atom stereocenters. The third kappa shape index (κ3) is 5.62. The third-order valence-electron chi connectivity index (χ3n) is 5.79. The molecule has 0 spiro atoms. The number of fused-ring (bicyclic) bond motifs is 1. The lowest BCUT2D eigenvalue weighted by molar-refractivity contribution is 0.244. The van der Waals surface area contributed by atoms with Crippen molar-refractivity contribution in [1.82, 2.24) is 4.90 Å². The molecule has 5 nitrogen and oxygen atoms in total. The number of hydrogen-bond donors (Lipinski definition) is 0. The average Bonchev–Trinajstić information content (AvgIpc) is 2.81. The molecule has 0 amide bonds. The fourth-order valence-electron chi connectivity index (χ4n) is 4.08. The van der Waals surface area contributed by atoms with E-state index in [1.165, 1.54) is 29.7 Å². The normalized spacial score (nSPS) is 16.8. The van der Waals surface area contributed by atoms with Crippen molar-refractivity contribution in [3.63, 3.8) is 0 Å². The number of anilines is 1. The fraction of sp³-hybridized carbons (Fsp3) is 0.500. The van der Waals surface area contributed by atoms with E-state index in [2.05, 4.69) is 40.1 Å². The smallest absolute Gasteiger partial charge is 0.142 e. The van der Waals surface area contributed by atoms with Crippen LogP contribution in [0, 0.1) is 0 Å². The molecule has 2 aromatic rings. The van der Waals surface area contributed by atoms with Crippen molar-refractivity contribution in [1.29, 1.82) is 0 Å². The van der Waals surface area contributed by atoms with Crippen LogP contribution in [0.4, 0.5) is 5.69 Å². The lowest BCUT2D eigenvalue weighted by Gasteiger charge is -2.36. The topological polar surface area (TPSA) is 34.2 Å². The number of nitrogens with zero attached hydrogens (tertiary/aromatic N) is 2. The van der Waals surface area contributed by atoms with Gasteiger partial charge in [0.25, 0.3) is 0 Å². The number of aryl methyl sites for hydroxylation is 1. The molecule has 4 rings (SSSR count). The van der Waals surface area contributed by atoms with Gasteiger partial charge in [-0.1, -0.05) is 18.2 Å². The Hall–Kier alpha value is -1.89. The van der Waals surface area contributed by atoms with Crippen molar-refractivity contribution >= 4 is 17.7 Å². The van der Waals surface area contributed by atoms with Gasteiger partial charge in [0, 0.05) is 43.1 Å². The van der Waals surface area contributed by atoms with Gasteiger partial charge in [0.15, 0.2) is 0 Å². The predicted octanol–water partition coefficient (Wildman–Crippen LogP) is 4.65. The van der Waals surface area contributed by atoms with E-state index in [9.17, 15) is 0 Å². The highest BCUT2D eigenvalue weighted by Gasteiger charge is 2.19. The van der Waals surface area contributed by atoms with Crippen LogP contribution in [0.3, 0.4) is 0 Å². The van der Waals surface area contributed by atoms with E-state index in [1.54, 1.807) is 7.11 Å². The van der Waals surface area contributed by atoms with Gasteiger partial charge in [-0.05, 0) is 62.1 Å². The maximum Gasteiger partial charge on any atom is 0.142 e. The summed E-state index contributed by atoms with van der Waals surface area (Å²) in [6.45, 7) is 7.05. The molecule has 6 heteroatoms. The van der Waals surface area contributed by atoms with Crippen LogP contribution >= 0.6 is 12.0 Å². The van der Waals surface area contributed by atoms with Gasteiger partial charge in [0.2, 0.25) is 0 Å². The molecule has 0 unspecified atom stereocenters. The summed E-state index contributed by atoms with van der Waals surface area (Å²) in [6.07, 6.45) is 4.49. The van der Waals surface area contributed by atoms with Crippen molar-refractivity contribution in [2.24, 2.45) is 0 Å². The minimum absolute atomic E-state index is 0.782. The first-order valence-electron chi connectivity index (χ1n) is 11.0. The molecule has 0 N–H and O–H groups in total. The summed E-state index contributed by atoms with van der Waals surface area (Å²) in [5.74, 6) is 1.99. The highest BCUT2D eigenvalue weighted by atomic mass is 32.2. The van der Waals surface area contributed by atoms with Gasteiger partial charge in [0.05, 0.1) is 26.0 Å². The fourth-order valence-corrected chi connectivity index (χ4v) is 4.70. The maximum atomic E-state index is 5.82. The van der Waals surface area contributed by atoms with Gasteiger partial charge in [0.1, 0.15) is 11.5 Å². The first kappa shape index (κ1) is 21.3. The van der Waals surface area contributed by atoms with Crippen molar-refractivity contribution in [3.05, 3.63) is 48.0 Å². The Morgan fingerprint density at radius 1 is 1.03 bits per heavy atom. The van der Waals surface area contributed by atoms with E-state index in [0.717, 1.165) is 81.6 Å². The average molecular weight is 429 g/mol. The summed E-state index contributed by atoms with van der Waals surface area (Å²) in [5, 5.41) is 0. The van der Waals surface area contributed by atoms with E-state index >= 15 is 0 Å². The SMILES string of the molecule is COc1ccccc1N1CCN(CCCCOSc2ccc3c(c2)OCCC3)CC1. The predicted molar refractivity (Wildman–Crippen MR) is 123 cm³/mol. The minimum atomic E-state index is 0.782. The van der Waals surface area contributed by atoms with E-state index < -0.39 is 0 Å². The van der Waals surface area contributed by atoms with Crippen LogP contribution < -0.4 is 14.4 Å². The lowest BCUT2D eigenvalue weighted by Crippen LogP contribution is -2.46. The summed E-state index contributed by atoms with van der Waals surface area (Å²) in [6, 6.07) is 14.7. The summed E-state index contributed by atoms with van der Waals surface area (Å²) in [5.41, 5.74) is 2.52. The molecule has 0 radical (unpaired) electrons. The van der Waals surface area contributed by atoms with Crippen molar-refractivity contribution in [3.8, 4) is 11.5 Å². The summed E-state index contributed by atoms with van der Waals surface area (Å²) >= 11 is 1.47. The Labute approximate surface area is 184 Å². The summed E-state index contributed by atoms with van der Waals surface area (Å²) in [4.78, 5) is 6.11. The van der Waals surface area contributed by atoms with Crippen molar-refractivity contribution in [2.75, 3.05) is 57.9 Å². The van der Waals surface area contributed by atoms with Crippen LogP contribution in [0.5, 0.6) is 11.5 Å². The molecule has 2 heterocycles. The zero-order valence-electron chi connectivity index (χ0n) is 17.8. The van der Waals surface area contributed by atoms with Crippen LogP contribution in [0.1, 0.15) is 24.8 Å². The van der Waals surface area contributed by atoms with E-state index in [-0.39, 0.29) is 0 Å². The Morgan fingerprint density at radius 3 is 2.77 bits per heavy atom. The molecule has 162 valence electrons. The highest BCUT2D eigenvalue weighted by Crippen LogP contribution is 2.31. The molecule has 1 saturated heterocycles. The van der Waals surface area contributed by atoms with Crippen LogP contribution in [0.15, 0.2) is 47.4 Å². The minimum Gasteiger partial charge on any atom is -0.495 e. The van der Waals surface area contributed by atoms with Gasteiger partial charge in [-0.15, -0.1) is 0 Å². The van der Waals surface area contributed by atoms with E-state index in [4.69, 9.17) is 13.7 Å². The molecule has 2 aliphatic heterocycles. The van der Waals surface area contributed by atoms with Crippen molar-refractivity contribution < 1.29 is 13.7 Å². The largest absolute Gasteiger partial charge is 0.495 e. The number of piperazine rings is 1. The zero-order chi connectivity index (χ0) is 20.6. The number of rotatable bonds is 9. The number of ether oxygens (including phenoxy) is 2. The molecule has 2 aromatic carbocycles. The van der Waals surface area contributed by atoms with Crippen molar-refractivity contribution in [2.45, 2.75) is 30.6 Å². The Morgan fingerprint density at radius 2 is 1.90 bits per heavy atom. The molecular weight excluding hydrogens is 396 g/mol. The standard InChI is InChI=1S/C24H32N2O3S/c1-27-23-9-3-2-8-22(23)26-15-13-25(14-16-26)12-4-5-18-29-30-21-11-10-20-7-6-17-28-24(20)19-21/h2-3,8-11,19H,4-7,12-18H2,1H3. The van der Waals surface area contributed by atoms with Crippen LogP contribution in [-0.2, 0) is 10.6 Å². The number of methoxy groups -OCH3 is 1. The molecule has 1 fully saturated rings. The number of para-hydroxylation sites is 2. The maximum absolute atomic E-state index is 5.82. The molecule has 0 saturated carbocycles. The molecule has 0 aromatic heterocycles. The van der Waals surface area contributed by atoms with Crippen LogP contribution in [0.25, 0.3) is 0 Å². The first-order chi connectivity index (χ1) is 14.8. The second kappa shape index (κ2) is 10.9. The van der Waals surface area contributed by atoms with E-state index in [1.807, 2.05) is 12.1 Å².